The van der Waals surface area contributed by atoms with E-state index in [2.05, 4.69) is 4.98 Å². The number of hydrogen-bond donors (Lipinski definition) is 1. The molecule has 2 nitrogen and oxygen atoms in total. The Bertz CT molecular complexity index is 387. The average molecular weight is 251 g/mol. The molecule has 0 aliphatic carbocycles. The summed E-state index contributed by atoms with van der Waals surface area (Å²) in [5.41, 5.74) is 6.46. The summed E-state index contributed by atoms with van der Waals surface area (Å²) >= 11 is 0. The molecule has 0 aliphatic heterocycles. The first-order valence-corrected chi connectivity index (χ1v) is 3.47. The van der Waals surface area contributed by atoms with Crippen molar-refractivity contribution in [1.82, 2.24) is 4.98 Å². The molecule has 12 heavy (non-hydrogen) atoms. The molecule has 0 saturated heterocycles. The van der Waals surface area contributed by atoms with Crippen molar-refractivity contribution in [3.63, 3.8) is 0 Å². The average Bonchev–Trinajstić information content (AvgIpc) is 2.04. The van der Waals surface area contributed by atoms with Gasteiger partial charge in [-0.25, -0.2) is 4.98 Å². The molecule has 2 aromatic rings. The molecule has 64 valence electrons. The standard InChI is InChI=1S/C9H8N2.Pd/c10-9-6-5-7-3-1-2-4-8(7)11-9;/h1-6H,(H2,10,11);. The van der Waals surface area contributed by atoms with Gasteiger partial charge in [-0.1, -0.05) is 18.2 Å². The van der Waals surface area contributed by atoms with Crippen molar-refractivity contribution < 1.29 is 20.4 Å². The van der Waals surface area contributed by atoms with Crippen LogP contribution in [0.25, 0.3) is 10.9 Å². The van der Waals surface area contributed by atoms with E-state index in [9.17, 15) is 0 Å². The van der Waals surface area contributed by atoms with E-state index in [1.807, 2.05) is 36.4 Å². The third-order valence-electron chi connectivity index (χ3n) is 1.62. The molecule has 0 radical (unpaired) electrons. The van der Waals surface area contributed by atoms with Gasteiger partial charge in [0.15, 0.2) is 0 Å². The van der Waals surface area contributed by atoms with Crippen LogP contribution in [-0.2, 0) is 20.4 Å². The van der Waals surface area contributed by atoms with Crippen molar-refractivity contribution >= 4 is 16.7 Å². The van der Waals surface area contributed by atoms with Gasteiger partial charge in [0.2, 0.25) is 0 Å². The van der Waals surface area contributed by atoms with Crippen molar-refractivity contribution in [2.24, 2.45) is 0 Å². The number of pyridine rings is 1. The Balaban J connectivity index is 0.000000720. The summed E-state index contributed by atoms with van der Waals surface area (Å²) in [4.78, 5) is 4.15. The number of anilines is 1. The van der Waals surface area contributed by atoms with Gasteiger partial charge in [-0.2, -0.15) is 0 Å². The summed E-state index contributed by atoms with van der Waals surface area (Å²) in [7, 11) is 0. The minimum atomic E-state index is 0. The molecule has 0 amide bonds. The van der Waals surface area contributed by atoms with Crippen molar-refractivity contribution in [3.8, 4) is 0 Å². The summed E-state index contributed by atoms with van der Waals surface area (Å²) in [5.74, 6) is 0.573. The number of nitrogen functional groups attached to an aromatic ring is 1. The fourth-order valence-electron chi connectivity index (χ4n) is 1.08. The van der Waals surface area contributed by atoms with Gasteiger partial charge < -0.3 is 5.73 Å². The monoisotopic (exact) mass is 250 g/mol. The van der Waals surface area contributed by atoms with Crippen LogP contribution in [0.2, 0.25) is 0 Å². The summed E-state index contributed by atoms with van der Waals surface area (Å²) < 4.78 is 0. The Labute approximate surface area is 84.5 Å². The third kappa shape index (κ3) is 1.63. The predicted octanol–water partition coefficient (Wildman–Crippen LogP) is 1.81. The fourth-order valence-corrected chi connectivity index (χ4v) is 1.08. The number of nitrogens with two attached hydrogens (primary N) is 1. The van der Waals surface area contributed by atoms with Crippen LogP contribution in [0, 0.1) is 0 Å². The van der Waals surface area contributed by atoms with Crippen molar-refractivity contribution in [2.45, 2.75) is 0 Å². The topological polar surface area (TPSA) is 38.9 Å². The van der Waals surface area contributed by atoms with Gasteiger partial charge in [0.05, 0.1) is 5.52 Å². The first-order valence-electron chi connectivity index (χ1n) is 3.47. The van der Waals surface area contributed by atoms with Gasteiger partial charge in [0.25, 0.3) is 0 Å². The number of nitrogens with zero attached hydrogens (tertiary/aromatic N) is 1. The van der Waals surface area contributed by atoms with Crippen LogP contribution < -0.4 is 5.73 Å². The number of benzene rings is 1. The van der Waals surface area contributed by atoms with Gasteiger partial charge in [0.1, 0.15) is 5.82 Å². The second kappa shape index (κ2) is 3.66. The first kappa shape index (κ1) is 9.18. The van der Waals surface area contributed by atoms with Crippen molar-refractivity contribution in [2.75, 3.05) is 5.73 Å². The molecule has 0 spiro atoms. The van der Waals surface area contributed by atoms with Crippen LogP contribution in [0.5, 0.6) is 0 Å². The smallest absolute Gasteiger partial charge is 0.124 e. The number of hydrogen-bond acceptors (Lipinski definition) is 2. The quantitative estimate of drug-likeness (QED) is 0.725. The zero-order valence-electron chi connectivity index (χ0n) is 6.30. The van der Waals surface area contributed by atoms with E-state index < -0.39 is 0 Å². The van der Waals surface area contributed by atoms with Gasteiger partial charge in [-0.05, 0) is 18.2 Å². The summed E-state index contributed by atoms with van der Waals surface area (Å²) in [5, 5.41) is 1.13. The maximum atomic E-state index is 5.51. The Morgan fingerprint density at radius 1 is 1.00 bits per heavy atom. The number of aromatic nitrogens is 1. The molecule has 2 rings (SSSR count). The Morgan fingerprint density at radius 3 is 2.58 bits per heavy atom. The van der Waals surface area contributed by atoms with E-state index in [0.717, 1.165) is 10.9 Å². The van der Waals surface area contributed by atoms with E-state index in [1.165, 1.54) is 0 Å². The molecule has 0 atom stereocenters. The molecule has 2 N–H and O–H groups in total. The molecular formula is C9H8N2Pd. The second-order valence-corrected chi connectivity index (χ2v) is 2.43. The molecular weight excluding hydrogens is 243 g/mol. The summed E-state index contributed by atoms with van der Waals surface area (Å²) in [6.45, 7) is 0. The fraction of sp³-hybridized carbons (Fsp3) is 0. The molecule has 0 bridgehead atoms. The minimum absolute atomic E-state index is 0. The van der Waals surface area contributed by atoms with Crippen LogP contribution in [0.4, 0.5) is 5.82 Å². The molecule has 0 aliphatic rings. The predicted molar refractivity (Wildman–Crippen MR) is 46.2 cm³/mol. The normalized spacial score (nSPS) is 9.33. The van der Waals surface area contributed by atoms with Crippen LogP contribution in [0.3, 0.4) is 0 Å². The number of fused-ring (bicyclic) bond motifs is 1. The van der Waals surface area contributed by atoms with E-state index in [-0.39, 0.29) is 20.4 Å². The van der Waals surface area contributed by atoms with E-state index in [0.29, 0.717) is 5.82 Å². The van der Waals surface area contributed by atoms with Gasteiger partial charge in [-0.3, -0.25) is 0 Å². The molecule has 0 fully saturated rings. The molecule has 1 aromatic carbocycles. The van der Waals surface area contributed by atoms with Crippen molar-refractivity contribution in [1.29, 1.82) is 0 Å². The maximum Gasteiger partial charge on any atom is 0.124 e. The van der Waals surface area contributed by atoms with Gasteiger partial charge in [0, 0.05) is 25.8 Å². The van der Waals surface area contributed by atoms with E-state index >= 15 is 0 Å². The first-order chi connectivity index (χ1) is 5.36. The minimum Gasteiger partial charge on any atom is -0.384 e. The van der Waals surface area contributed by atoms with Crippen LogP contribution in [0.15, 0.2) is 36.4 Å². The molecule has 1 aromatic heterocycles. The van der Waals surface area contributed by atoms with Crippen LogP contribution in [0.1, 0.15) is 0 Å². The second-order valence-electron chi connectivity index (χ2n) is 2.43. The summed E-state index contributed by atoms with van der Waals surface area (Å²) in [6.07, 6.45) is 0. The SMILES string of the molecule is Nc1ccc2ccccc2n1.[Pd]. The van der Waals surface area contributed by atoms with Crippen LogP contribution >= 0.6 is 0 Å². The van der Waals surface area contributed by atoms with E-state index in [4.69, 9.17) is 5.73 Å². The third-order valence-corrected chi connectivity index (χ3v) is 1.62. The maximum absolute atomic E-state index is 5.51. The molecule has 3 heteroatoms. The summed E-state index contributed by atoms with van der Waals surface area (Å²) in [6, 6.07) is 11.7. The molecule has 0 unspecified atom stereocenters. The Morgan fingerprint density at radius 2 is 1.75 bits per heavy atom. The van der Waals surface area contributed by atoms with Gasteiger partial charge in [-0.15, -0.1) is 0 Å². The van der Waals surface area contributed by atoms with Crippen molar-refractivity contribution in [3.05, 3.63) is 36.4 Å². The number of rotatable bonds is 0. The largest absolute Gasteiger partial charge is 0.384 e. The Hall–Kier alpha value is -0.908. The number of para-hydroxylation sites is 1. The zero-order valence-corrected chi connectivity index (χ0v) is 7.86. The molecule has 0 saturated carbocycles. The zero-order chi connectivity index (χ0) is 7.68. The molecule has 1 heterocycles. The van der Waals surface area contributed by atoms with Gasteiger partial charge >= 0.3 is 0 Å². The van der Waals surface area contributed by atoms with E-state index in [1.54, 1.807) is 0 Å². The van der Waals surface area contributed by atoms with Crippen LogP contribution in [-0.4, -0.2) is 4.98 Å². The Kier molecular flexibility index (Phi) is 2.80.